The van der Waals surface area contributed by atoms with Gasteiger partial charge in [-0.1, -0.05) is 0 Å². The molecule has 2 aliphatic rings. The van der Waals surface area contributed by atoms with Crippen molar-refractivity contribution >= 4 is 28.6 Å². The van der Waals surface area contributed by atoms with Gasteiger partial charge >= 0.3 is 12.3 Å². The lowest BCUT2D eigenvalue weighted by molar-refractivity contribution is -0.141. The van der Waals surface area contributed by atoms with E-state index in [-0.39, 0.29) is 23.7 Å². The van der Waals surface area contributed by atoms with Crippen LogP contribution in [0.25, 0.3) is 22.4 Å². The number of nitrogen functional groups attached to an aromatic ring is 1. The number of nitrogens with two attached hydrogens (primary N) is 1. The van der Waals surface area contributed by atoms with Crippen LogP contribution in [-0.2, 0) is 16.0 Å². The van der Waals surface area contributed by atoms with Gasteiger partial charge in [0.15, 0.2) is 11.5 Å². The van der Waals surface area contributed by atoms with Crippen molar-refractivity contribution in [1.29, 1.82) is 0 Å². The minimum absolute atomic E-state index is 0.0844. The van der Waals surface area contributed by atoms with E-state index in [1.54, 1.807) is 29.2 Å². The maximum absolute atomic E-state index is 13.2. The first kappa shape index (κ1) is 25.1. The fourth-order valence-corrected chi connectivity index (χ4v) is 4.57. The van der Waals surface area contributed by atoms with E-state index >= 15 is 0 Å². The molecule has 5 rings (SSSR count). The zero-order valence-corrected chi connectivity index (χ0v) is 20.7. The Balaban J connectivity index is 1.48. The van der Waals surface area contributed by atoms with Crippen LogP contribution in [0, 0.1) is 0 Å². The van der Waals surface area contributed by atoms with Crippen molar-refractivity contribution < 1.29 is 27.4 Å². The summed E-state index contributed by atoms with van der Waals surface area (Å²) in [5.41, 5.74) is 6.43. The molecule has 1 aromatic carbocycles. The zero-order chi connectivity index (χ0) is 26.5. The lowest BCUT2D eigenvalue weighted by atomic mass is 10.1. The molecule has 2 fully saturated rings. The van der Waals surface area contributed by atoms with E-state index in [0.717, 1.165) is 4.68 Å². The Kier molecular flexibility index (Phi) is 6.13. The molecule has 2 bridgehead atoms. The largest absolute Gasteiger partial charge is 0.444 e. The number of fused-ring (bicyclic) bond motifs is 3. The van der Waals surface area contributed by atoms with Crippen LogP contribution < -0.4 is 10.6 Å². The molecule has 198 valence electrons. The number of anilines is 2. The number of carbonyl (C=O) groups excluding carboxylic acids is 1. The summed E-state index contributed by atoms with van der Waals surface area (Å²) >= 11 is 0. The van der Waals surface area contributed by atoms with Crippen LogP contribution >= 0.6 is 0 Å². The Bertz CT molecular complexity index is 1290. The SMILES string of the molecule is CC(C)(C)OC(=O)N1CC2CN(c3nc(-c4ccc(N)cc4)nc4c3cnn4CC(F)(F)F)CC(C1)O2. The maximum Gasteiger partial charge on any atom is 0.410 e. The molecule has 3 aromatic rings. The van der Waals surface area contributed by atoms with Crippen molar-refractivity contribution in [3.05, 3.63) is 30.5 Å². The number of halogens is 3. The van der Waals surface area contributed by atoms with E-state index in [9.17, 15) is 18.0 Å². The average molecular weight is 520 g/mol. The fraction of sp³-hybridized carbons (Fsp3) is 0.500. The minimum atomic E-state index is -4.47. The van der Waals surface area contributed by atoms with Gasteiger partial charge in [-0.2, -0.15) is 18.3 Å². The van der Waals surface area contributed by atoms with E-state index in [1.165, 1.54) is 6.20 Å². The smallest absolute Gasteiger partial charge is 0.410 e. The summed E-state index contributed by atoms with van der Waals surface area (Å²) in [5.74, 6) is 0.729. The summed E-state index contributed by atoms with van der Waals surface area (Å²) in [6.45, 7) is 5.58. The van der Waals surface area contributed by atoms with Gasteiger partial charge in [0.2, 0.25) is 0 Å². The number of hydrogen-bond acceptors (Lipinski definition) is 8. The van der Waals surface area contributed by atoms with Gasteiger partial charge in [-0.25, -0.2) is 19.4 Å². The van der Waals surface area contributed by atoms with Gasteiger partial charge in [-0.15, -0.1) is 0 Å². The van der Waals surface area contributed by atoms with Gasteiger partial charge < -0.3 is 25.0 Å². The number of rotatable bonds is 3. The first-order valence-electron chi connectivity index (χ1n) is 11.9. The van der Waals surface area contributed by atoms with Crippen molar-refractivity contribution in [2.45, 2.75) is 51.3 Å². The van der Waals surface area contributed by atoms with Crippen LogP contribution in [0.4, 0.5) is 29.5 Å². The molecule has 2 aromatic heterocycles. The Labute approximate surface area is 211 Å². The molecule has 2 unspecified atom stereocenters. The van der Waals surface area contributed by atoms with Crippen molar-refractivity contribution in [2.75, 3.05) is 36.8 Å². The summed E-state index contributed by atoms with van der Waals surface area (Å²) < 4.78 is 52.2. The van der Waals surface area contributed by atoms with Gasteiger partial charge in [0.1, 0.15) is 18.0 Å². The zero-order valence-electron chi connectivity index (χ0n) is 20.7. The molecule has 2 saturated heterocycles. The molecule has 0 spiro atoms. The van der Waals surface area contributed by atoms with Gasteiger partial charge in [0.25, 0.3) is 0 Å². The first-order valence-corrected chi connectivity index (χ1v) is 11.9. The van der Waals surface area contributed by atoms with Crippen LogP contribution in [0.2, 0.25) is 0 Å². The number of morpholine rings is 2. The Morgan fingerprint density at radius 2 is 1.73 bits per heavy atom. The number of carbonyl (C=O) groups is 1. The number of hydrogen-bond donors (Lipinski definition) is 1. The summed E-state index contributed by atoms with van der Waals surface area (Å²) in [7, 11) is 0. The van der Waals surface area contributed by atoms with E-state index < -0.39 is 24.4 Å². The van der Waals surface area contributed by atoms with E-state index in [4.69, 9.17) is 20.2 Å². The molecular weight excluding hydrogens is 491 g/mol. The second-order valence-corrected chi connectivity index (χ2v) is 10.3. The highest BCUT2D eigenvalue weighted by molar-refractivity contribution is 5.89. The van der Waals surface area contributed by atoms with E-state index in [1.807, 2.05) is 25.7 Å². The molecule has 0 radical (unpaired) electrons. The lowest BCUT2D eigenvalue weighted by Crippen LogP contribution is -2.61. The Morgan fingerprint density at radius 1 is 1.08 bits per heavy atom. The van der Waals surface area contributed by atoms with Gasteiger partial charge in [0, 0.05) is 24.3 Å². The number of aromatic nitrogens is 4. The molecule has 2 atom stereocenters. The van der Waals surface area contributed by atoms with Crippen LogP contribution in [-0.4, -0.2) is 80.9 Å². The standard InChI is InChI=1S/C24H28F3N7O3/c1-23(2,3)37-22(35)33-11-16-9-32(10-17(12-33)36-16)20-18-8-29-34(13-24(25,26)27)21(18)31-19(30-20)14-4-6-15(28)7-5-14/h4-8,16-17H,9-13,28H2,1-3H3. The van der Waals surface area contributed by atoms with Crippen LogP contribution in [0.1, 0.15) is 20.8 Å². The highest BCUT2D eigenvalue weighted by atomic mass is 19.4. The molecule has 0 aliphatic carbocycles. The van der Waals surface area contributed by atoms with E-state index in [0.29, 0.717) is 48.6 Å². The van der Waals surface area contributed by atoms with Crippen molar-refractivity contribution in [2.24, 2.45) is 0 Å². The summed E-state index contributed by atoms with van der Waals surface area (Å²) in [6.07, 6.45) is -4.15. The molecule has 1 amide bonds. The Morgan fingerprint density at radius 3 is 2.32 bits per heavy atom. The fourth-order valence-electron chi connectivity index (χ4n) is 4.57. The maximum atomic E-state index is 13.2. The summed E-state index contributed by atoms with van der Waals surface area (Å²) in [6, 6.07) is 6.80. The minimum Gasteiger partial charge on any atom is -0.444 e. The highest BCUT2D eigenvalue weighted by Gasteiger charge is 2.39. The quantitative estimate of drug-likeness (QED) is 0.524. The third-order valence-corrected chi connectivity index (χ3v) is 6.01. The van der Waals surface area contributed by atoms with Crippen molar-refractivity contribution in [3.8, 4) is 11.4 Å². The summed E-state index contributed by atoms with van der Waals surface area (Å²) in [4.78, 5) is 25.4. The average Bonchev–Trinajstić information content (AvgIpc) is 3.18. The second-order valence-electron chi connectivity index (χ2n) is 10.3. The highest BCUT2D eigenvalue weighted by Crippen LogP contribution is 2.32. The van der Waals surface area contributed by atoms with Crippen LogP contribution in [0.5, 0.6) is 0 Å². The third-order valence-electron chi connectivity index (χ3n) is 6.01. The normalized spacial score (nSPS) is 20.4. The Hall–Kier alpha value is -3.61. The molecule has 4 heterocycles. The molecule has 2 aliphatic heterocycles. The number of amides is 1. The first-order chi connectivity index (χ1) is 17.3. The molecule has 37 heavy (non-hydrogen) atoms. The predicted molar refractivity (Wildman–Crippen MR) is 130 cm³/mol. The molecule has 2 N–H and O–H groups in total. The number of ether oxygens (including phenoxy) is 2. The molecule has 13 heteroatoms. The van der Waals surface area contributed by atoms with Gasteiger partial charge in [-0.05, 0) is 45.0 Å². The lowest BCUT2D eigenvalue weighted by Gasteiger charge is -2.46. The monoisotopic (exact) mass is 519 g/mol. The van der Waals surface area contributed by atoms with Crippen molar-refractivity contribution in [1.82, 2.24) is 24.6 Å². The predicted octanol–water partition coefficient (Wildman–Crippen LogP) is 3.46. The third kappa shape index (κ3) is 5.55. The second kappa shape index (κ2) is 9.05. The van der Waals surface area contributed by atoms with Gasteiger partial charge in [-0.3, -0.25) is 0 Å². The molecule has 0 saturated carbocycles. The molecular formula is C24H28F3N7O3. The number of nitrogens with zero attached hydrogens (tertiary/aromatic N) is 6. The van der Waals surface area contributed by atoms with Crippen LogP contribution in [0.15, 0.2) is 30.5 Å². The van der Waals surface area contributed by atoms with Crippen molar-refractivity contribution in [3.63, 3.8) is 0 Å². The number of benzene rings is 1. The molecule has 10 nitrogen and oxygen atoms in total. The summed E-state index contributed by atoms with van der Waals surface area (Å²) in [5, 5.41) is 4.38. The number of alkyl halides is 3. The van der Waals surface area contributed by atoms with Crippen LogP contribution in [0.3, 0.4) is 0 Å². The van der Waals surface area contributed by atoms with E-state index in [2.05, 4.69) is 10.1 Å². The van der Waals surface area contributed by atoms with Gasteiger partial charge in [0.05, 0.1) is 36.9 Å². The topological polar surface area (TPSA) is 112 Å².